The van der Waals surface area contributed by atoms with Crippen LogP contribution in [0.1, 0.15) is 31.7 Å². The fourth-order valence-electron chi connectivity index (χ4n) is 2.85. The van der Waals surface area contributed by atoms with Crippen LogP contribution in [0.25, 0.3) is 0 Å². The van der Waals surface area contributed by atoms with Gasteiger partial charge in [-0.1, -0.05) is 30.3 Å². The maximum Gasteiger partial charge on any atom is 0.194 e. The fraction of sp³-hybridized carbons (Fsp3) is 0.611. The van der Waals surface area contributed by atoms with E-state index in [0.29, 0.717) is 6.54 Å². The highest BCUT2D eigenvalue weighted by molar-refractivity contribution is 5.80. The molecule has 1 aromatic rings. The molecular formula is C18H29N3O2. The van der Waals surface area contributed by atoms with Crippen LogP contribution in [0.5, 0.6) is 0 Å². The van der Waals surface area contributed by atoms with Crippen molar-refractivity contribution in [2.45, 2.75) is 32.3 Å². The Bertz CT molecular complexity index is 470. The van der Waals surface area contributed by atoms with Gasteiger partial charge in [0.05, 0.1) is 19.3 Å². The summed E-state index contributed by atoms with van der Waals surface area (Å²) in [7, 11) is 0. The number of benzene rings is 1. The first-order valence-corrected chi connectivity index (χ1v) is 8.54. The topological polar surface area (TPSA) is 57.1 Å². The molecule has 0 aliphatic carbocycles. The summed E-state index contributed by atoms with van der Waals surface area (Å²) in [6, 6.07) is 10.3. The molecule has 2 N–H and O–H groups in total. The molecule has 0 spiro atoms. The number of hydrogen-bond acceptors (Lipinski definition) is 3. The number of nitrogens with zero attached hydrogens (tertiary/aromatic N) is 2. The van der Waals surface area contributed by atoms with Gasteiger partial charge in [0.1, 0.15) is 0 Å². The van der Waals surface area contributed by atoms with Crippen molar-refractivity contribution in [1.29, 1.82) is 0 Å². The molecule has 23 heavy (non-hydrogen) atoms. The van der Waals surface area contributed by atoms with Crippen molar-refractivity contribution in [3.8, 4) is 0 Å². The first-order chi connectivity index (χ1) is 11.2. The smallest absolute Gasteiger partial charge is 0.194 e. The summed E-state index contributed by atoms with van der Waals surface area (Å²) in [6.45, 7) is 8.70. The minimum Gasteiger partial charge on any atom is -0.393 e. The highest BCUT2D eigenvalue weighted by atomic mass is 16.5. The molecule has 2 rings (SSSR count). The van der Waals surface area contributed by atoms with Crippen molar-refractivity contribution in [1.82, 2.24) is 10.2 Å². The van der Waals surface area contributed by atoms with E-state index in [0.717, 1.165) is 45.2 Å². The molecule has 2 unspecified atom stereocenters. The van der Waals surface area contributed by atoms with Gasteiger partial charge in [0.15, 0.2) is 5.96 Å². The maximum absolute atomic E-state index is 9.81. The monoisotopic (exact) mass is 319 g/mol. The van der Waals surface area contributed by atoms with Crippen molar-refractivity contribution < 1.29 is 9.84 Å². The van der Waals surface area contributed by atoms with E-state index < -0.39 is 0 Å². The second-order valence-electron chi connectivity index (χ2n) is 5.99. The third kappa shape index (κ3) is 5.84. The van der Waals surface area contributed by atoms with Gasteiger partial charge in [-0.3, -0.25) is 4.99 Å². The first-order valence-electron chi connectivity index (χ1n) is 8.54. The SMILES string of the molecule is CCNC(=NCC(CC(C)O)c1ccccc1)N1CCOCC1. The normalized spacial score (nSPS) is 18.6. The zero-order valence-electron chi connectivity index (χ0n) is 14.2. The van der Waals surface area contributed by atoms with Crippen LogP contribution in [0, 0.1) is 0 Å². The van der Waals surface area contributed by atoms with Gasteiger partial charge in [0.2, 0.25) is 0 Å². The molecule has 0 amide bonds. The number of aliphatic imine (C=N–C) groups is 1. The van der Waals surface area contributed by atoms with Crippen LogP contribution < -0.4 is 5.32 Å². The molecule has 1 fully saturated rings. The number of aliphatic hydroxyl groups is 1. The summed E-state index contributed by atoms with van der Waals surface area (Å²) in [6.07, 6.45) is 0.386. The molecule has 2 atom stereocenters. The molecule has 1 aliphatic heterocycles. The molecule has 0 radical (unpaired) electrons. The summed E-state index contributed by atoms with van der Waals surface area (Å²) in [5, 5.41) is 13.2. The standard InChI is InChI=1S/C18H29N3O2/c1-3-19-18(21-9-11-23-12-10-21)20-14-17(13-15(2)22)16-7-5-4-6-8-16/h4-8,15,17,22H,3,9-14H2,1-2H3,(H,19,20). The van der Waals surface area contributed by atoms with Crippen LogP contribution in [-0.2, 0) is 4.74 Å². The summed E-state index contributed by atoms with van der Waals surface area (Å²) in [5.41, 5.74) is 1.23. The third-order valence-electron chi connectivity index (χ3n) is 4.00. The van der Waals surface area contributed by atoms with Crippen LogP contribution in [0.3, 0.4) is 0 Å². The Morgan fingerprint density at radius 1 is 1.30 bits per heavy atom. The van der Waals surface area contributed by atoms with Crippen molar-refractivity contribution in [2.75, 3.05) is 39.4 Å². The molecule has 0 bridgehead atoms. The Balaban J connectivity index is 2.09. The lowest BCUT2D eigenvalue weighted by atomic mass is 9.93. The molecule has 1 aromatic carbocycles. The van der Waals surface area contributed by atoms with Gasteiger partial charge in [0.25, 0.3) is 0 Å². The second-order valence-corrected chi connectivity index (χ2v) is 5.99. The first kappa shape index (κ1) is 17.8. The molecule has 5 nitrogen and oxygen atoms in total. The zero-order chi connectivity index (χ0) is 16.5. The van der Waals surface area contributed by atoms with Crippen LogP contribution in [-0.4, -0.2) is 61.5 Å². The van der Waals surface area contributed by atoms with Gasteiger partial charge < -0.3 is 20.1 Å². The molecule has 0 saturated carbocycles. The van der Waals surface area contributed by atoms with Gasteiger partial charge in [0, 0.05) is 32.1 Å². The highest BCUT2D eigenvalue weighted by Crippen LogP contribution is 2.21. The molecule has 1 saturated heterocycles. The summed E-state index contributed by atoms with van der Waals surface area (Å²) in [5.74, 6) is 1.17. The highest BCUT2D eigenvalue weighted by Gasteiger charge is 2.17. The second kappa shape index (κ2) is 9.53. The summed E-state index contributed by atoms with van der Waals surface area (Å²) >= 11 is 0. The maximum atomic E-state index is 9.81. The van der Waals surface area contributed by atoms with E-state index in [2.05, 4.69) is 29.3 Å². The quantitative estimate of drug-likeness (QED) is 0.620. The lowest BCUT2D eigenvalue weighted by molar-refractivity contribution is 0.0664. The van der Waals surface area contributed by atoms with Crippen molar-refractivity contribution in [2.24, 2.45) is 4.99 Å². The van der Waals surface area contributed by atoms with E-state index in [1.54, 1.807) is 0 Å². The van der Waals surface area contributed by atoms with E-state index in [4.69, 9.17) is 9.73 Å². The average molecular weight is 319 g/mol. The predicted molar refractivity (Wildman–Crippen MR) is 93.9 cm³/mol. The van der Waals surface area contributed by atoms with E-state index in [-0.39, 0.29) is 12.0 Å². The minimum atomic E-state index is -0.332. The lowest BCUT2D eigenvalue weighted by Crippen LogP contribution is -2.47. The van der Waals surface area contributed by atoms with E-state index in [1.165, 1.54) is 5.56 Å². The van der Waals surface area contributed by atoms with E-state index >= 15 is 0 Å². The molecule has 1 heterocycles. The Morgan fingerprint density at radius 3 is 2.61 bits per heavy atom. The van der Waals surface area contributed by atoms with Gasteiger partial charge in [-0.15, -0.1) is 0 Å². The van der Waals surface area contributed by atoms with Gasteiger partial charge in [-0.2, -0.15) is 0 Å². The van der Waals surface area contributed by atoms with Crippen LogP contribution >= 0.6 is 0 Å². The van der Waals surface area contributed by atoms with Gasteiger partial charge in [-0.05, 0) is 25.8 Å². The van der Waals surface area contributed by atoms with Gasteiger partial charge in [-0.25, -0.2) is 0 Å². The Morgan fingerprint density at radius 2 is 2.00 bits per heavy atom. The molecule has 0 aromatic heterocycles. The third-order valence-corrected chi connectivity index (χ3v) is 4.00. The van der Waals surface area contributed by atoms with Crippen LogP contribution in [0.4, 0.5) is 0 Å². The molecular weight excluding hydrogens is 290 g/mol. The Hall–Kier alpha value is -1.59. The largest absolute Gasteiger partial charge is 0.393 e. The lowest BCUT2D eigenvalue weighted by Gasteiger charge is -2.30. The number of nitrogens with one attached hydrogen (secondary N) is 1. The number of rotatable bonds is 6. The number of aliphatic hydroxyl groups excluding tert-OH is 1. The number of morpholine rings is 1. The van der Waals surface area contributed by atoms with Crippen molar-refractivity contribution in [3.63, 3.8) is 0 Å². The molecule has 5 heteroatoms. The van der Waals surface area contributed by atoms with Crippen molar-refractivity contribution >= 4 is 5.96 Å². The van der Waals surface area contributed by atoms with E-state index in [9.17, 15) is 5.11 Å². The number of ether oxygens (including phenoxy) is 1. The predicted octanol–water partition coefficient (Wildman–Crippen LogP) is 1.84. The number of guanidine groups is 1. The summed E-state index contributed by atoms with van der Waals surface area (Å²) < 4.78 is 5.42. The Labute approximate surface area is 139 Å². The fourth-order valence-corrected chi connectivity index (χ4v) is 2.85. The minimum absolute atomic E-state index is 0.228. The molecule has 1 aliphatic rings. The van der Waals surface area contributed by atoms with Crippen molar-refractivity contribution in [3.05, 3.63) is 35.9 Å². The van der Waals surface area contributed by atoms with Gasteiger partial charge >= 0.3 is 0 Å². The van der Waals surface area contributed by atoms with Crippen LogP contribution in [0.15, 0.2) is 35.3 Å². The Kier molecular flexibility index (Phi) is 7.36. The summed E-state index contributed by atoms with van der Waals surface area (Å²) in [4.78, 5) is 7.08. The number of hydrogen-bond donors (Lipinski definition) is 2. The average Bonchev–Trinajstić information content (AvgIpc) is 2.58. The van der Waals surface area contributed by atoms with Crippen LogP contribution in [0.2, 0.25) is 0 Å². The zero-order valence-corrected chi connectivity index (χ0v) is 14.2. The molecule has 128 valence electrons. The van der Waals surface area contributed by atoms with E-state index in [1.807, 2.05) is 25.1 Å².